The molecule has 0 amide bonds. The SMILES string of the molecule is S=c1[nH]nc2n1-c1ccccc1SC2c1ccccc1. The van der Waals surface area contributed by atoms with Gasteiger partial charge in [-0.1, -0.05) is 42.5 Å². The van der Waals surface area contributed by atoms with E-state index in [-0.39, 0.29) is 5.25 Å². The summed E-state index contributed by atoms with van der Waals surface area (Å²) in [6.45, 7) is 0. The number of aromatic nitrogens is 3. The predicted octanol–water partition coefficient (Wildman–Crippen LogP) is 4.12. The van der Waals surface area contributed by atoms with Crippen molar-refractivity contribution in [1.82, 2.24) is 14.8 Å². The van der Waals surface area contributed by atoms with Crippen molar-refractivity contribution in [3.8, 4) is 5.69 Å². The van der Waals surface area contributed by atoms with Crippen LogP contribution in [0.3, 0.4) is 0 Å². The van der Waals surface area contributed by atoms with Crippen molar-refractivity contribution in [2.75, 3.05) is 0 Å². The van der Waals surface area contributed by atoms with E-state index in [1.807, 2.05) is 28.5 Å². The maximum absolute atomic E-state index is 5.39. The Bertz CT molecular complexity index is 820. The molecule has 0 radical (unpaired) electrons. The van der Waals surface area contributed by atoms with Gasteiger partial charge in [0.25, 0.3) is 0 Å². The highest BCUT2D eigenvalue weighted by Gasteiger charge is 2.28. The lowest BCUT2D eigenvalue weighted by Gasteiger charge is -2.24. The van der Waals surface area contributed by atoms with Crippen LogP contribution in [0.1, 0.15) is 16.6 Å². The van der Waals surface area contributed by atoms with Gasteiger partial charge < -0.3 is 0 Å². The lowest BCUT2D eigenvalue weighted by atomic mass is 10.1. The van der Waals surface area contributed by atoms with Gasteiger partial charge in [0.1, 0.15) is 0 Å². The Balaban J connectivity index is 1.97. The second-order valence-electron chi connectivity index (χ2n) is 4.60. The van der Waals surface area contributed by atoms with E-state index < -0.39 is 0 Å². The zero-order valence-electron chi connectivity index (χ0n) is 10.5. The number of fused-ring (bicyclic) bond motifs is 3. The number of thioether (sulfide) groups is 1. The van der Waals surface area contributed by atoms with Crippen LogP contribution in [0.4, 0.5) is 0 Å². The zero-order valence-corrected chi connectivity index (χ0v) is 12.1. The number of rotatable bonds is 1. The monoisotopic (exact) mass is 297 g/mol. The molecule has 98 valence electrons. The van der Waals surface area contributed by atoms with Crippen LogP contribution in [-0.2, 0) is 0 Å². The van der Waals surface area contributed by atoms with Crippen LogP contribution in [0.25, 0.3) is 5.69 Å². The largest absolute Gasteiger partial charge is 0.270 e. The average molecular weight is 297 g/mol. The molecular weight excluding hydrogens is 286 g/mol. The van der Waals surface area contributed by atoms with Crippen LogP contribution < -0.4 is 0 Å². The third-order valence-corrected chi connectivity index (χ3v) is 4.98. The van der Waals surface area contributed by atoms with Crippen molar-refractivity contribution in [1.29, 1.82) is 0 Å². The molecule has 0 saturated carbocycles. The van der Waals surface area contributed by atoms with Crippen molar-refractivity contribution >= 4 is 24.0 Å². The summed E-state index contributed by atoms with van der Waals surface area (Å²) in [7, 11) is 0. The van der Waals surface area contributed by atoms with Crippen molar-refractivity contribution in [3.05, 3.63) is 70.8 Å². The Kier molecular flexibility index (Phi) is 2.75. The van der Waals surface area contributed by atoms with E-state index in [0.717, 1.165) is 11.5 Å². The molecular formula is C15H11N3S2. The molecule has 1 aliphatic heterocycles. The van der Waals surface area contributed by atoms with Crippen LogP contribution in [0, 0.1) is 4.77 Å². The van der Waals surface area contributed by atoms with Gasteiger partial charge in [-0.3, -0.25) is 9.67 Å². The topological polar surface area (TPSA) is 33.6 Å². The maximum atomic E-state index is 5.39. The number of benzene rings is 2. The van der Waals surface area contributed by atoms with Gasteiger partial charge in [-0.2, -0.15) is 5.10 Å². The highest BCUT2D eigenvalue weighted by molar-refractivity contribution is 8.00. The maximum Gasteiger partial charge on any atom is 0.199 e. The number of nitrogens with zero attached hydrogens (tertiary/aromatic N) is 2. The minimum atomic E-state index is 0.166. The quantitative estimate of drug-likeness (QED) is 0.686. The number of para-hydroxylation sites is 1. The first-order chi connectivity index (χ1) is 9.84. The van der Waals surface area contributed by atoms with E-state index in [1.165, 1.54) is 10.5 Å². The number of hydrogen-bond acceptors (Lipinski definition) is 3. The molecule has 4 rings (SSSR count). The summed E-state index contributed by atoms with van der Waals surface area (Å²) < 4.78 is 2.69. The van der Waals surface area contributed by atoms with Crippen LogP contribution in [0.2, 0.25) is 0 Å². The highest BCUT2D eigenvalue weighted by atomic mass is 32.2. The van der Waals surface area contributed by atoms with Gasteiger partial charge >= 0.3 is 0 Å². The molecule has 1 aromatic heterocycles. The molecule has 1 N–H and O–H groups in total. The standard InChI is InChI=1S/C15H11N3S2/c19-15-17-16-14-13(10-6-2-1-3-7-10)20-12-9-5-4-8-11(12)18(14)15/h1-9,13H,(H,17,19). The van der Waals surface area contributed by atoms with Gasteiger partial charge in [-0.15, -0.1) is 11.8 Å². The second kappa shape index (κ2) is 4.61. The van der Waals surface area contributed by atoms with Crippen molar-refractivity contribution in [3.63, 3.8) is 0 Å². The molecule has 5 heteroatoms. The molecule has 0 aliphatic carbocycles. The van der Waals surface area contributed by atoms with Crippen LogP contribution in [0.15, 0.2) is 59.5 Å². The molecule has 0 fully saturated rings. The summed E-state index contributed by atoms with van der Waals surface area (Å²) >= 11 is 7.20. The molecule has 1 aliphatic rings. The first kappa shape index (κ1) is 11.9. The fraction of sp³-hybridized carbons (Fsp3) is 0.0667. The van der Waals surface area contributed by atoms with E-state index in [0.29, 0.717) is 4.77 Å². The molecule has 1 unspecified atom stereocenters. The van der Waals surface area contributed by atoms with E-state index in [4.69, 9.17) is 12.2 Å². The minimum Gasteiger partial charge on any atom is -0.270 e. The molecule has 0 bridgehead atoms. The molecule has 0 spiro atoms. The fourth-order valence-corrected chi connectivity index (χ4v) is 3.97. The van der Waals surface area contributed by atoms with Crippen LogP contribution >= 0.6 is 24.0 Å². The molecule has 1 atom stereocenters. The Morgan fingerprint density at radius 1 is 1.05 bits per heavy atom. The molecule has 2 heterocycles. The fourth-order valence-electron chi connectivity index (χ4n) is 2.48. The lowest BCUT2D eigenvalue weighted by molar-refractivity contribution is 0.858. The van der Waals surface area contributed by atoms with E-state index in [9.17, 15) is 0 Å². The minimum absolute atomic E-state index is 0.166. The van der Waals surface area contributed by atoms with Gasteiger partial charge in [0, 0.05) is 4.90 Å². The van der Waals surface area contributed by atoms with E-state index >= 15 is 0 Å². The summed E-state index contributed by atoms with van der Waals surface area (Å²) in [6.07, 6.45) is 0. The molecule has 3 nitrogen and oxygen atoms in total. The molecule has 20 heavy (non-hydrogen) atoms. The third kappa shape index (κ3) is 1.74. The Hall–Kier alpha value is -1.85. The van der Waals surface area contributed by atoms with E-state index in [1.54, 1.807) is 0 Å². The molecule has 2 aromatic carbocycles. The Morgan fingerprint density at radius 3 is 2.65 bits per heavy atom. The Labute approximate surface area is 125 Å². The van der Waals surface area contributed by atoms with Crippen LogP contribution in [0.5, 0.6) is 0 Å². The number of nitrogens with one attached hydrogen (secondary N) is 1. The number of hydrogen-bond donors (Lipinski definition) is 1. The third-order valence-electron chi connectivity index (χ3n) is 3.39. The van der Waals surface area contributed by atoms with Crippen molar-refractivity contribution in [2.24, 2.45) is 0 Å². The lowest BCUT2D eigenvalue weighted by Crippen LogP contribution is -2.12. The summed E-state index contributed by atoms with van der Waals surface area (Å²) in [5, 5.41) is 7.53. The normalized spacial score (nSPS) is 16.5. The predicted molar refractivity (Wildman–Crippen MR) is 82.9 cm³/mol. The first-order valence-electron chi connectivity index (χ1n) is 6.33. The summed E-state index contributed by atoms with van der Waals surface area (Å²) in [5.41, 5.74) is 2.35. The highest BCUT2D eigenvalue weighted by Crippen LogP contribution is 2.46. The summed E-state index contributed by atoms with van der Waals surface area (Å²) in [4.78, 5) is 1.23. The van der Waals surface area contributed by atoms with Gasteiger partial charge in [0.15, 0.2) is 10.6 Å². The summed E-state index contributed by atoms with van der Waals surface area (Å²) in [5.74, 6) is 0.963. The van der Waals surface area contributed by atoms with Crippen molar-refractivity contribution in [2.45, 2.75) is 10.1 Å². The smallest absolute Gasteiger partial charge is 0.199 e. The molecule has 0 saturated heterocycles. The van der Waals surface area contributed by atoms with Gasteiger partial charge in [-0.25, -0.2) is 0 Å². The van der Waals surface area contributed by atoms with Gasteiger partial charge in [0.05, 0.1) is 10.9 Å². The van der Waals surface area contributed by atoms with Crippen LogP contribution in [-0.4, -0.2) is 14.8 Å². The van der Waals surface area contributed by atoms with E-state index in [2.05, 4.69) is 52.7 Å². The summed E-state index contributed by atoms with van der Waals surface area (Å²) in [6, 6.07) is 18.7. The average Bonchev–Trinajstić information content (AvgIpc) is 2.90. The Morgan fingerprint density at radius 2 is 1.80 bits per heavy atom. The number of aromatic amines is 1. The van der Waals surface area contributed by atoms with Gasteiger partial charge in [-0.05, 0) is 29.9 Å². The first-order valence-corrected chi connectivity index (χ1v) is 7.62. The van der Waals surface area contributed by atoms with Crippen molar-refractivity contribution < 1.29 is 0 Å². The zero-order chi connectivity index (χ0) is 13.5. The molecule has 3 aromatic rings. The second-order valence-corrected chi connectivity index (χ2v) is 6.13. The number of H-pyrrole nitrogens is 1. The van der Waals surface area contributed by atoms with Gasteiger partial charge in [0.2, 0.25) is 0 Å².